The minimum Gasteiger partial charge on any atom is -0.309 e. The van der Waals surface area contributed by atoms with Gasteiger partial charge in [-0.3, -0.25) is 15.2 Å². The number of nitrogens with zero attached hydrogens (tertiary/aromatic N) is 2. The van der Waals surface area contributed by atoms with Crippen molar-refractivity contribution in [3.05, 3.63) is 94.3 Å². The number of halogens is 4. The van der Waals surface area contributed by atoms with E-state index in [-0.39, 0.29) is 28.9 Å². The summed E-state index contributed by atoms with van der Waals surface area (Å²) in [6.07, 6.45) is 0. The second kappa shape index (κ2) is 9.11. The largest absolute Gasteiger partial charge is 0.309 e. The first-order valence-electron chi connectivity index (χ1n) is 9.34. The summed E-state index contributed by atoms with van der Waals surface area (Å²) in [6, 6.07) is 13.1. The second-order valence-electron chi connectivity index (χ2n) is 6.79. The molecule has 4 aromatic rings. The van der Waals surface area contributed by atoms with Gasteiger partial charge in [0.05, 0.1) is 12.1 Å². The number of aliphatic imine (C=N–C) groups is 1. The number of hydrogen-bond donors (Lipinski definition) is 3. The number of guanidine groups is 1. The molecule has 0 bridgehead atoms. The molecular formula is C22H15ClF3N5O. The maximum Gasteiger partial charge on any atom is 0.258 e. The van der Waals surface area contributed by atoms with E-state index in [1.807, 2.05) is 0 Å². The van der Waals surface area contributed by atoms with E-state index in [1.54, 1.807) is 0 Å². The van der Waals surface area contributed by atoms with Crippen molar-refractivity contribution >= 4 is 40.2 Å². The first-order valence-corrected chi connectivity index (χ1v) is 9.72. The molecule has 0 atom stereocenters. The Labute approximate surface area is 185 Å². The van der Waals surface area contributed by atoms with Crippen LogP contribution in [0.2, 0.25) is 5.02 Å². The third-order valence-electron chi connectivity index (χ3n) is 4.42. The molecule has 0 spiro atoms. The van der Waals surface area contributed by atoms with E-state index >= 15 is 0 Å². The van der Waals surface area contributed by atoms with Crippen molar-refractivity contribution in [2.75, 3.05) is 5.32 Å². The van der Waals surface area contributed by atoms with E-state index in [4.69, 9.17) is 11.6 Å². The molecule has 6 nitrogen and oxygen atoms in total. The number of rotatable bonds is 4. The lowest BCUT2D eigenvalue weighted by molar-refractivity contribution is 0.0976. The number of aromatic nitrogens is 2. The fourth-order valence-electron chi connectivity index (χ4n) is 2.99. The summed E-state index contributed by atoms with van der Waals surface area (Å²) in [7, 11) is 0. The van der Waals surface area contributed by atoms with Gasteiger partial charge in [-0.15, -0.1) is 0 Å². The standard InChI is InChI=1S/C22H15ClF3N5O/c23-14-6-12(7-17(26)9-14)11-27-22(29-21(32)13-2-1-3-15(24)8-13)28-20-18-5-4-16(25)10-19(18)30-31-20/h1-10H,11H2,(H3,27,28,29,30,31,32). The number of anilines is 1. The van der Waals surface area contributed by atoms with Gasteiger partial charge < -0.3 is 5.32 Å². The summed E-state index contributed by atoms with van der Waals surface area (Å²) in [5.74, 6) is -1.92. The Morgan fingerprint density at radius 1 is 1.00 bits per heavy atom. The summed E-state index contributed by atoms with van der Waals surface area (Å²) >= 11 is 5.88. The molecule has 0 fully saturated rings. The molecule has 0 saturated carbocycles. The SMILES string of the molecule is O=C(NC(=NCc1cc(F)cc(Cl)c1)Nc1n[nH]c2cc(F)ccc12)c1cccc(F)c1. The first kappa shape index (κ1) is 21.4. The molecule has 1 amide bonds. The van der Waals surface area contributed by atoms with Crippen LogP contribution in [0.15, 0.2) is 65.7 Å². The Morgan fingerprint density at radius 2 is 1.81 bits per heavy atom. The monoisotopic (exact) mass is 457 g/mol. The van der Waals surface area contributed by atoms with Crippen LogP contribution >= 0.6 is 11.6 Å². The second-order valence-corrected chi connectivity index (χ2v) is 7.23. The highest BCUT2D eigenvalue weighted by molar-refractivity contribution is 6.30. The lowest BCUT2D eigenvalue weighted by Crippen LogP contribution is -2.36. The zero-order valence-electron chi connectivity index (χ0n) is 16.3. The molecule has 4 rings (SSSR count). The van der Waals surface area contributed by atoms with Crippen LogP contribution in [-0.2, 0) is 6.54 Å². The van der Waals surface area contributed by atoms with E-state index in [1.165, 1.54) is 48.5 Å². The van der Waals surface area contributed by atoms with Crippen molar-refractivity contribution in [3.63, 3.8) is 0 Å². The maximum atomic E-state index is 13.6. The first-order chi connectivity index (χ1) is 15.4. The number of nitrogens with one attached hydrogen (secondary N) is 3. The Hall–Kier alpha value is -3.85. The number of carbonyl (C=O) groups excluding carboxylic acids is 1. The quantitative estimate of drug-likeness (QED) is 0.297. The van der Waals surface area contributed by atoms with E-state index in [0.717, 1.165) is 12.1 Å². The molecule has 1 aromatic heterocycles. The van der Waals surface area contributed by atoms with Crippen LogP contribution in [0.25, 0.3) is 10.9 Å². The minimum atomic E-state index is -0.626. The lowest BCUT2D eigenvalue weighted by Gasteiger charge is -2.11. The Bertz CT molecular complexity index is 1320. The summed E-state index contributed by atoms with van der Waals surface area (Å²) in [6.45, 7) is -0.0276. The molecule has 10 heteroatoms. The van der Waals surface area contributed by atoms with E-state index < -0.39 is 23.4 Å². The molecule has 0 aliphatic heterocycles. The minimum absolute atomic E-state index is 0.0276. The van der Waals surface area contributed by atoms with E-state index in [2.05, 4.69) is 25.8 Å². The van der Waals surface area contributed by atoms with Crippen molar-refractivity contribution in [1.29, 1.82) is 0 Å². The number of hydrogen-bond acceptors (Lipinski definition) is 3. The molecule has 3 aromatic carbocycles. The number of benzene rings is 3. The molecule has 0 saturated heterocycles. The van der Waals surface area contributed by atoms with Gasteiger partial charge in [0.15, 0.2) is 5.82 Å². The topological polar surface area (TPSA) is 82.2 Å². The Morgan fingerprint density at radius 3 is 2.59 bits per heavy atom. The molecule has 0 aliphatic carbocycles. The number of aromatic amines is 1. The number of H-pyrrole nitrogens is 1. The van der Waals surface area contributed by atoms with Gasteiger partial charge in [-0.25, -0.2) is 18.2 Å². The Balaban J connectivity index is 1.63. The lowest BCUT2D eigenvalue weighted by atomic mass is 10.2. The normalized spacial score (nSPS) is 11.6. The van der Waals surface area contributed by atoms with Crippen LogP contribution < -0.4 is 10.6 Å². The zero-order chi connectivity index (χ0) is 22.7. The molecule has 32 heavy (non-hydrogen) atoms. The highest BCUT2D eigenvalue weighted by atomic mass is 35.5. The van der Waals surface area contributed by atoms with E-state index in [0.29, 0.717) is 16.5 Å². The van der Waals surface area contributed by atoms with Crippen molar-refractivity contribution in [3.8, 4) is 0 Å². The third kappa shape index (κ3) is 5.06. The van der Waals surface area contributed by atoms with Gasteiger partial charge in [-0.1, -0.05) is 17.7 Å². The van der Waals surface area contributed by atoms with Crippen molar-refractivity contribution in [2.24, 2.45) is 4.99 Å². The molecule has 0 radical (unpaired) electrons. The third-order valence-corrected chi connectivity index (χ3v) is 4.64. The van der Waals surface area contributed by atoms with Crippen LogP contribution in [0.1, 0.15) is 15.9 Å². The number of fused-ring (bicyclic) bond motifs is 1. The average Bonchev–Trinajstić information content (AvgIpc) is 3.13. The average molecular weight is 458 g/mol. The van der Waals surface area contributed by atoms with Gasteiger partial charge in [0, 0.05) is 16.0 Å². The van der Waals surface area contributed by atoms with Crippen molar-refractivity contribution in [1.82, 2.24) is 15.5 Å². The Kier molecular flexibility index (Phi) is 6.09. The van der Waals surface area contributed by atoms with Crippen molar-refractivity contribution < 1.29 is 18.0 Å². The summed E-state index contributed by atoms with van der Waals surface area (Å²) < 4.78 is 40.6. The highest BCUT2D eigenvalue weighted by Gasteiger charge is 2.14. The van der Waals surface area contributed by atoms with Crippen LogP contribution in [0.4, 0.5) is 19.0 Å². The smallest absolute Gasteiger partial charge is 0.258 e. The van der Waals surface area contributed by atoms with E-state index in [9.17, 15) is 18.0 Å². The molecular weight excluding hydrogens is 443 g/mol. The molecule has 0 aliphatic rings. The predicted octanol–water partition coefficient (Wildman–Crippen LogP) is 5.03. The molecule has 0 unspecified atom stereocenters. The van der Waals surface area contributed by atoms with Crippen LogP contribution in [-0.4, -0.2) is 22.1 Å². The van der Waals surface area contributed by atoms with Gasteiger partial charge in [0.1, 0.15) is 17.5 Å². The summed E-state index contributed by atoms with van der Waals surface area (Å²) in [5, 5.41) is 12.9. The van der Waals surface area contributed by atoms with Gasteiger partial charge in [0.25, 0.3) is 5.91 Å². The number of carbonyl (C=O) groups is 1. The van der Waals surface area contributed by atoms with Gasteiger partial charge in [-0.2, -0.15) is 5.10 Å². The van der Waals surface area contributed by atoms with Gasteiger partial charge >= 0.3 is 0 Å². The van der Waals surface area contributed by atoms with Crippen LogP contribution in [0, 0.1) is 17.5 Å². The number of amides is 1. The fourth-order valence-corrected chi connectivity index (χ4v) is 3.24. The van der Waals surface area contributed by atoms with Gasteiger partial charge in [0.2, 0.25) is 5.96 Å². The van der Waals surface area contributed by atoms with Crippen LogP contribution in [0.5, 0.6) is 0 Å². The molecule has 162 valence electrons. The summed E-state index contributed by atoms with van der Waals surface area (Å²) in [5.41, 5.74) is 0.964. The highest BCUT2D eigenvalue weighted by Crippen LogP contribution is 2.21. The fraction of sp³-hybridized carbons (Fsp3) is 0.0455. The van der Waals surface area contributed by atoms with Crippen molar-refractivity contribution in [2.45, 2.75) is 6.54 Å². The maximum absolute atomic E-state index is 13.6. The van der Waals surface area contributed by atoms with Crippen LogP contribution in [0.3, 0.4) is 0 Å². The zero-order valence-corrected chi connectivity index (χ0v) is 17.1. The molecule has 1 heterocycles. The predicted molar refractivity (Wildman–Crippen MR) is 116 cm³/mol. The summed E-state index contributed by atoms with van der Waals surface area (Å²) in [4.78, 5) is 16.9. The molecule has 3 N–H and O–H groups in total. The van der Waals surface area contributed by atoms with Gasteiger partial charge in [-0.05, 0) is 60.2 Å².